The van der Waals surface area contributed by atoms with Crippen LogP contribution in [0.15, 0.2) is 0 Å². The molecule has 3 N–H and O–H groups in total. The summed E-state index contributed by atoms with van der Waals surface area (Å²) in [5, 5.41) is 22.1. The van der Waals surface area contributed by atoms with Gasteiger partial charge in [0.05, 0.1) is 11.2 Å². The van der Waals surface area contributed by atoms with Gasteiger partial charge >= 0.3 is 19.2 Å². The Labute approximate surface area is 148 Å². The summed E-state index contributed by atoms with van der Waals surface area (Å²) in [6, 6.07) is -1.09. The molecule has 3 heterocycles. The monoisotopic (exact) mass is 354 g/mol. The second-order valence-corrected chi connectivity index (χ2v) is 8.42. The van der Waals surface area contributed by atoms with Crippen LogP contribution in [0, 0.1) is 5.41 Å². The van der Waals surface area contributed by atoms with Crippen molar-refractivity contribution in [3.63, 3.8) is 0 Å². The molecule has 1 amide bonds. The number of amides is 1. The number of nitrogens with one attached hydrogen (secondary N) is 1. The molecule has 0 radical (unpaired) electrons. The summed E-state index contributed by atoms with van der Waals surface area (Å²) in [5.41, 5.74) is -1.30. The topological polar surface area (TPSA) is 108 Å². The number of nitrogens with zero attached hydrogens (tertiary/aromatic N) is 1. The number of hydrogen-bond donors (Lipinski definition) is 3. The van der Waals surface area contributed by atoms with E-state index in [-0.39, 0.29) is 30.9 Å². The molecule has 0 aromatic carbocycles. The molecule has 0 aromatic rings. The summed E-state index contributed by atoms with van der Waals surface area (Å²) < 4.78 is 12.0. The number of fused-ring (bicyclic) bond motifs is 1. The van der Waals surface area contributed by atoms with Gasteiger partial charge in [-0.15, -0.1) is 0 Å². The summed E-state index contributed by atoms with van der Waals surface area (Å²) in [6.45, 7) is 8.75. The zero-order valence-corrected chi connectivity index (χ0v) is 15.2. The van der Waals surface area contributed by atoms with E-state index in [1.165, 1.54) is 0 Å². The van der Waals surface area contributed by atoms with Gasteiger partial charge in [-0.3, -0.25) is 4.90 Å². The lowest BCUT2D eigenvalue weighted by molar-refractivity contribution is -0.146. The molecule has 0 aromatic heterocycles. The maximum atomic E-state index is 11.7. The lowest BCUT2D eigenvalue weighted by Crippen LogP contribution is -2.65. The van der Waals surface area contributed by atoms with Crippen molar-refractivity contribution < 1.29 is 29.1 Å². The fourth-order valence-electron chi connectivity index (χ4n) is 4.30. The molecule has 3 atom stereocenters. The van der Waals surface area contributed by atoms with Crippen LogP contribution in [0.1, 0.15) is 40.5 Å². The Kier molecular flexibility index (Phi) is 4.33. The van der Waals surface area contributed by atoms with Crippen LogP contribution in [-0.2, 0) is 14.1 Å². The normalized spacial score (nSPS) is 35.4. The van der Waals surface area contributed by atoms with E-state index in [2.05, 4.69) is 5.32 Å². The third-order valence-electron chi connectivity index (χ3n) is 6.47. The number of aliphatic carboxylic acids is 1. The van der Waals surface area contributed by atoms with E-state index in [9.17, 15) is 19.8 Å². The first-order chi connectivity index (χ1) is 11.5. The van der Waals surface area contributed by atoms with Gasteiger partial charge in [0.2, 0.25) is 0 Å². The van der Waals surface area contributed by atoms with Crippen LogP contribution in [0.5, 0.6) is 0 Å². The first-order valence-corrected chi connectivity index (χ1v) is 8.82. The van der Waals surface area contributed by atoms with E-state index in [4.69, 9.17) is 9.31 Å². The van der Waals surface area contributed by atoms with Crippen molar-refractivity contribution in [2.24, 2.45) is 5.41 Å². The average Bonchev–Trinajstić information content (AvgIpc) is 2.79. The van der Waals surface area contributed by atoms with E-state index in [1.807, 2.05) is 27.7 Å². The minimum atomic E-state index is -1.17. The molecule has 3 rings (SSSR count). The van der Waals surface area contributed by atoms with Gasteiger partial charge in [0.1, 0.15) is 6.04 Å². The number of carboxylic acid groups (broad SMARTS) is 2. The van der Waals surface area contributed by atoms with E-state index in [1.54, 1.807) is 0 Å². The molecule has 140 valence electrons. The Morgan fingerprint density at radius 3 is 2.24 bits per heavy atom. The molecule has 3 fully saturated rings. The van der Waals surface area contributed by atoms with Gasteiger partial charge in [-0.05, 0) is 40.4 Å². The molecule has 0 saturated carbocycles. The number of likely N-dealkylation sites (tertiary alicyclic amines) is 1. The smallest absolute Gasteiger partial charge is 0.457 e. The van der Waals surface area contributed by atoms with Crippen molar-refractivity contribution in [1.82, 2.24) is 10.2 Å². The second-order valence-electron chi connectivity index (χ2n) is 8.42. The highest BCUT2D eigenvalue weighted by atomic mass is 16.7. The average molecular weight is 354 g/mol. The summed E-state index contributed by atoms with van der Waals surface area (Å²) in [4.78, 5) is 24.2. The van der Waals surface area contributed by atoms with Gasteiger partial charge in [-0.25, -0.2) is 9.59 Å². The number of carbonyl (C=O) groups is 2. The fourth-order valence-corrected chi connectivity index (χ4v) is 4.30. The Bertz CT molecular complexity index is 567. The molecule has 0 unspecified atom stereocenters. The standard InChI is InChI=1S/C16H27BN2O6/c1-14(2)15(3,4)25-17(24-14)7-5-6-16-9-18-10(16)8-19(13(22)23)11(16)12(20)21/h10-11,18H,5-9H2,1-4H3,(H,20,21)(H,22,23)/t10-,11+,16-/m0/s1. The minimum absolute atomic E-state index is 0.0944. The van der Waals surface area contributed by atoms with Crippen LogP contribution < -0.4 is 5.32 Å². The van der Waals surface area contributed by atoms with Gasteiger partial charge < -0.3 is 24.8 Å². The predicted molar refractivity (Wildman–Crippen MR) is 90.5 cm³/mol. The highest BCUT2D eigenvalue weighted by Gasteiger charge is 2.63. The van der Waals surface area contributed by atoms with Crippen molar-refractivity contribution in [2.45, 2.75) is 70.1 Å². The molecule has 8 nitrogen and oxygen atoms in total. The summed E-state index contributed by atoms with van der Waals surface area (Å²) in [5.74, 6) is -1.07. The number of hydrogen-bond acceptors (Lipinski definition) is 5. The maximum absolute atomic E-state index is 11.7. The molecule has 25 heavy (non-hydrogen) atoms. The molecule has 3 saturated heterocycles. The van der Waals surface area contributed by atoms with Gasteiger partial charge in [-0.2, -0.15) is 0 Å². The SMILES string of the molecule is CC1(C)OB(CCC[C@]23CN[C@H]2CN(C(=O)O)[C@@H]3C(=O)O)OC1(C)C. The molecule has 0 aliphatic carbocycles. The molecule has 9 heteroatoms. The lowest BCUT2D eigenvalue weighted by Gasteiger charge is -2.47. The van der Waals surface area contributed by atoms with Crippen LogP contribution in [-0.4, -0.2) is 70.7 Å². The van der Waals surface area contributed by atoms with Crippen LogP contribution in [0.25, 0.3) is 0 Å². The third kappa shape index (κ3) is 2.82. The minimum Gasteiger partial charge on any atom is -0.480 e. The lowest BCUT2D eigenvalue weighted by atomic mass is 9.66. The Hall–Kier alpha value is -1.32. The zero-order chi connectivity index (χ0) is 18.6. The highest BCUT2D eigenvalue weighted by Crippen LogP contribution is 2.47. The molecule has 3 aliphatic heterocycles. The van der Waals surface area contributed by atoms with Crippen LogP contribution in [0.2, 0.25) is 6.32 Å². The Morgan fingerprint density at radius 1 is 1.20 bits per heavy atom. The molecular formula is C16H27BN2O6. The summed E-state index contributed by atoms with van der Waals surface area (Å²) >= 11 is 0. The van der Waals surface area contributed by atoms with Crippen molar-refractivity contribution >= 4 is 19.2 Å². The zero-order valence-electron chi connectivity index (χ0n) is 15.2. The molecule has 3 aliphatic rings. The molecule has 0 bridgehead atoms. The highest BCUT2D eigenvalue weighted by molar-refractivity contribution is 6.45. The van der Waals surface area contributed by atoms with Crippen LogP contribution >= 0.6 is 0 Å². The van der Waals surface area contributed by atoms with Crippen molar-refractivity contribution in [1.29, 1.82) is 0 Å². The Morgan fingerprint density at radius 2 is 1.80 bits per heavy atom. The van der Waals surface area contributed by atoms with Gasteiger partial charge in [-0.1, -0.05) is 6.42 Å². The largest absolute Gasteiger partial charge is 0.480 e. The van der Waals surface area contributed by atoms with Gasteiger partial charge in [0.15, 0.2) is 0 Å². The van der Waals surface area contributed by atoms with Crippen molar-refractivity contribution in [3.05, 3.63) is 0 Å². The van der Waals surface area contributed by atoms with Gasteiger partial charge in [0.25, 0.3) is 0 Å². The van der Waals surface area contributed by atoms with Crippen molar-refractivity contribution in [3.8, 4) is 0 Å². The molecular weight excluding hydrogens is 327 g/mol. The van der Waals surface area contributed by atoms with E-state index in [0.717, 1.165) is 11.3 Å². The summed E-state index contributed by atoms with van der Waals surface area (Å²) in [6.07, 6.45) is 0.858. The number of rotatable bonds is 5. The predicted octanol–water partition coefficient (Wildman–Crippen LogP) is 1.26. The van der Waals surface area contributed by atoms with Gasteiger partial charge in [0, 0.05) is 24.5 Å². The quantitative estimate of drug-likeness (QED) is 0.638. The number of carboxylic acids is 1. The van der Waals surface area contributed by atoms with Crippen LogP contribution in [0.4, 0.5) is 4.79 Å². The third-order valence-corrected chi connectivity index (χ3v) is 6.47. The maximum Gasteiger partial charge on any atom is 0.457 e. The summed E-state index contributed by atoms with van der Waals surface area (Å²) in [7, 11) is -0.312. The Balaban J connectivity index is 1.63. The van der Waals surface area contributed by atoms with E-state index >= 15 is 0 Å². The fraction of sp³-hybridized carbons (Fsp3) is 0.875. The molecule has 0 spiro atoms. The van der Waals surface area contributed by atoms with Crippen LogP contribution in [0.3, 0.4) is 0 Å². The van der Waals surface area contributed by atoms with E-state index < -0.39 is 23.5 Å². The van der Waals surface area contributed by atoms with Crippen molar-refractivity contribution in [2.75, 3.05) is 13.1 Å². The second kappa shape index (κ2) is 5.85. The van der Waals surface area contributed by atoms with E-state index in [0.29, 0.717) is 19.3 Å². The first-order valence-electron chi connectivity index (χ1n) is 8.82. The first kappa shape index (κ1) is 18.5.